The Labute approximate surface area is 123 Å². The summed E-state index contributed by atoms with van der Waals surface area (Å²) in [5, 5.41) is 0. The van der Waals surface area contributed by atoms with E-state index < -0.39 is 0 Å². The molecule has 0 saturated carbocycles. The molecule has 2 nitrogen and oxygen atoms in total. The van der Waals surface area contributed by atoms with E-state index in [-0.39, 0.29) is 0 Å². The highest BCUT2D eigenvalue weighted by Gasteiger charge is 2.14. The van der Waals surface area contributed by atoms with Crippen molar-refractivity contribution in [2.45, 2.75) is 13.0 Å². The second-order valence-corrected chi connectivity index (χ2v) is 6.08. The highest BCUT2D eigenvalue weighted by atomic mass is 79.9. The summed E-state index contributed by atoms with van der Waals surface area (Å²) in [6, 6.07) is 8.60. The van der Waals surface area contributed by atoms with Crippen LogP contribution in [0.3, 0.4) is 0 Å². The highest BCUT2D eigenvalue weighted by Crippen LogP contribution is 2.14. The van der Waals surface area contributed by atoms with Crippen LogP contribution in [0, 0.1) is 0 Å². The minimum atomic E-state index is 0.742. The number of halogens is 2. The maximum absolute atomic E-state index is 5.81. The first-order valence-corrected chi connectivity index (χ1v) is 7.86. The van der Waals surface area contributed by atoms with Crippen molar-refractivity contribution in [3.8, 4) is 0 Å². The summed E-state index contributed by atoms with van der Waals surface area (Å²) in [5.74, 6) is 0.742. The zero-order valence-electron chi connectivity index (χ0n) is 10.6. The van der Waals surface area contributed by atoms with Crippen molar-refractivity contribution in [2.75, 3.05) is 38.6 Å². The van der Waals surface area contributed by atoms with Crippen LogP contribution in [0.4, 0.5) is 0 Å². The first kappa shape index (κ1) is 14.3. The van der Waals surface area contributed by atoms with Crippen LogP contribution in [0.1, 0.15) is 12.0 Å². The van der Waals surface area contributed by atoms with Gasteiger partial charge in [-0.05, 0) is 37.2 Å². The van der Waals surface area contributed by atoms with Crippen LogP contribution in [0.2, 0.25) is 0 Å². The fraction of sp³-hybridized carbons (Fsp3) is 0.571. The van der Waals surface area contributed by atoms with Gasteiger partial charge >= 0.3 is 0 Å². The van der Waals surface area contributed by atoms with Gasteiger partial charge in [-0.2, -0.15) is 0 Å². The zero-order chi connectivity index (χ0) is 12.8. The number of hydrogen-bond donors (Lipinski definition) is 0. The van der Waals surface area contributed by atoms with Gasteiger partial charge in [0.2, 0.25) is 0 Å². The Hall–Kier alpha value is -0.0900. The standard InChI is InChI=1S/C14H20BrClN2/c15-14-4-1-3-13(11-14)12-18-7-2-6-17(8-5-16)9-10-18/h1,3-4,11H,2,5-10,12H2. The van der Waals surface area contributed by atoms with Crippen LogP contribution < -0.4 is 0 Å². The molecule has 0 aromatic heterocycles. The normalized spacial score (nSPS) is 18.8. The largest absolute Gasteiger partial charge is 0.301 e. The Morgan fingerprint density at radius 1 is 1.11 bits per heavy atom. The smallest absolute Gasteiger partial charge is 0.0351 e. The number of alkyl halides is 1. The summed E-state index contributed by atoms with van der Waals surface area (Å²) in [4.78, 5) is 5.00. The average Bonchev–Trinajstić information content (AvgIpc) is 2.56. The second kappa shape index (κ2) is 7.49. The Morgan fingerprint density at radius 3 is 2.67 bits per heavy atom. The lowest BCUT2D eigenvalue weighted by Gasteiger charge is -2.21. The fourth-order valence-electron chi connectivity index (χ4n) is 2.42. The molecule has 1 aliphatic rings. The molecule has 0 atom stereocenters. The van der Waals surface area contributed by atoms with Crippen molar-refractivity contribution < 1.29 is 0 Å². The van der Waals surface area contributed by atoms with E-state index in [4.69, 9.17) is 11.6 Å². The molecule has 2 rings (SSSR count). The fourth-order valence-corrected chi connectivity index (χ4v) is 3.10. The van der Waals surface area contributed by atoms with Gasteiger partial charge in [-0.25, -0.2) is 0 Å². The quantitative estimate of drug-likeness (QED) is 0.782. The van der Waals surface area contributed by atoms with E-state index in [0.29, 0.717) is 0 Å². The monoisotopic (exact) mass is 330 g/mol. The van der Waals surface area contributed by atoms with Crippen LogP contribution in [0.25, 0.3) is 0 Å². The molecule has 4 heteroatoms. The Morgan fingerprint density at radius 2 is 1.89 bits per heavy atom. The Balaban J connectivity index is 1.87. The lowest BCUT2D eigenvalue weighted by atomic mass is 10.2. The first-order valence-electron chi connectivity index (χ1n) is 6.53. The maximum atomic E-state index is 5.81. The van der Waals surface area contributed by atoms with Gasteiger partial charge in [-0.3, -0.25) is 4.90 Å². The molecule has 1 saturated heterocycles. The molecule has 0 unspecified atom stereocenters. The van der Waals surface area contributed by atoms with E-state index in [0.717, 1.165) is 32.1 Å². The number of benzene rings is 1. The Kier molecular flexibility index (Phi) is 5.96. The molecule has 0 spiro atoms. The van der Waals surface area contributed by atoms with Gasteiger partial charge in [0, 0.05) is 36.5 Å². The molecule has 1 fully saturated rings. The lowest BCUT2D eigenvalue weighted by molar-refractivity contribution is 0.258. The number of rotatable bonds is 4. The van der Waals surface area contributed by atoms with Crippen molar-refractivity contribution in [1.82, 2.24) is 9.80 Å². The third kappa shape index (κ3) is 4.54. The molecule has 0 N–H and O–H groups in total. The summed E-state index contributed by atoms with van der Waals surface area (Å²) in [7, 11) is 0. The van der Waals surface area contributed by atoms with Gasteiger partial charge in [-0.15, -0.1) is 11.6 Å². The molecule has 1 aliphatic heterocycles. The zero-order valence-corrected chi connectivity index (χ0v) is 13.0. The molecule has 1 aromatic carbocycles. The van der Waals surface area contributed by atoms with Crippen molar-refractivity contribution in [2.24, 2.45) is 0 Å². The van der Waals surface area contributed by atoms with Gasteiger partial charge in [0.05, 0.1) is 0 Å². The molecular formula is C14H20BrClN2. The predicted molar refractivity (Wildman–Crippen MR) is 81.2 cm³/mol. The number of hydrogen-bond acceptors (Lipinski definition) is 2. The maximum Gasteiger partial charge on any atom is 0.0351 e. The summed E-state index contributed by atoms with van der Waals surface area (Å²) >= 11 is 9.34. The minimum Gasteiger partial charge on any atom is -0.301 e. The molecule has 100 valence electrons. The van der Waals surface area contributed by atoms with Crippen molar-refractivity contribution in [1.29, 1.82) is 0 Å². The van der Waals surface area contributed by atoms with Crippen molar-refractivity contribution in [3.63, 3.8) is 0 Å². The van der Waals surface area contributed by atoms with Gasteiger partial charge in [0.15, 0.2) is 0 Å². The van der Waals surface area contributed by atoms with Crippen LogP contribution in [-0.2, 0) is 6.54 Å². The van der Waals surface area contributed by atoms with Gasteiger partial charge in [0.25, 0.3) is 0 Å². The molecular weight excluding hydrogens is 312 g/mol. The van der Waals surface area contributed by atoms with Crippen LogP contribution in [0.15, 0.2) is 28.7 Å². The SMILES string of the molecule is ClCCN1CCCN(Cc2cccc(Br)c2)CC1. The summed E-state index contributed by atoms with van der Waals surface area (Å²) in [6.07, 6.45) is 1.24. The van der Waals surface area contributed by atoms with Crippen molar-refractivity contribution in [3.05, 3.63) is 34.3 Å². The minimum absolute atomic E-state index is 0.742. The summed E-state index contributed by atoms with van der Waals surface area (Å²) < 4.78 is 1.17. The van der Waals surface area contributed by atoms with E-state index in [1.807, 2.05) is 0 Å². The molecule has 0 radical (unpaired) electrons. The molecule has 1 aromatic rings. The molecule has 18 heavy (non-hydrogen) atoms. The van der Waals surface area contributed by atoms with Crippen LogP contribution in [0.5, 0.6) is 0 Å². The van der Waals surface area contributed by atoms with E-state index in [2.05, 4.69) is 50.0 Å². The van der Waals surface area contributed by atoms with E-state index in [9.17, 15) is 0 Å². The predicted octanol–water partition coefficient (Wildman–Crippen LogP) is 3.20. The molecule has 0 amide bonds. The third-order valence-corrected chi connectivity index (χ3v) is 4.04. The third-order valence-electron chi connectivity index (χ3n) is 3.38. The Bertz CT molecular complexity index is 373. The first-order chi connectivity index (χ1) is 8.78. The molecule has 0 aliphatic carbocycles. The van der Waals surface area contributed by atoms with Crippen LogP contribution >= 0.6 is 27.5 Å². The van der Waals surface area contributed by atoms with E-state index >= 15 is 0 Å². The summed E-state index contributed by atoms with van der Waals surface area (Å²) in [6.45, 7) is 6.72. The van der Waals surface area contributed by atoms with Gasteiger partial charge in [-0.1, -0.05) is 28.1 Å². The average molecular weight is 332 g/mol. The topological polar surface area (TPSA) is 6.48 Å². The molecule has 0 bridgehead atoms. The van der Waals surface area contributed by atoms with Crippen LogP contribution in [-0.4, -0.2) is 48.4 Å². The number of nitrogens with zero attached hydrogens (tertiary/aromatic N) is 2. The van der Waals surface area contributed by atoms with Gasteiger partial charge in [0.1, 0.15) is 0 Å². The highest BCUT2D eigenvalue weighted by molar-refractivity contribution is 9.10. The van der Waals surface area contributed by atoms with E-state index in [1.165, 1.54) is 29.5 Å². The summed E-state index contributed by atoms with van der Waals surface area (Å²) in [5.41, 5.74) is 1.38. The van der Waals surface area contributed by atoms with Crippen molar-refractivity contribution >= 4 is 27.5 Å². The lowest BCUT2D eigenvalue weighted by Crippen LogP contribution is -2.31. The van der Waals surface area contributed by atoms with E-state index in [1.54, 1.807) is 0 Å². The second-order valence-electron chi connectivity index (χ2n) is 4.79. The van der Waals surface area contributed by atoms with Gasteiger partial charge < -0.3 is 4.90 Å². The molecule has 1 heterocycles.